The summed E-state index contributed by atoms with van der Waals surface area (Å²) in [6.07, 6.45) is 0. The molecule has 3 aromatic rings. The molecule has 0 saturated carbocycles. The highest BCUT2D eigenvalue weighted by molar-refractivity contribution is 6.01. The Morgan fingerprint density at radius 1 is 0.900 bits per heavy atom. The van der Waals surface area contributed by atoms with Gasteiger partial charge in [0.2, 0.25) is 5.96 Å². The van der Waals surface area contributed by atoms with Crippen molar-refractivity contribution >= 4 is 34.5 Å². The Hall–Kier alpha value is -4.14. The first-order valence-electron chi connectivity index (χ1n) is 9.22. The van der Waals surface area contributed by atoms with E-state index in [0.29, 0.717) is 16.9 Å². The van der Waals surface area contributed by atoms with E-state index in [0.717, 1.165) is 10.9 Å². The number of rotatable bonds is 7. The van der Waals surface area contributed by atoms with Gasteiger partial charge in [0.15, 0.2) is 5.76 Å². The first-order valence-corrected chi connectivity index (χ1v) is 9.22. The number of benzene rings is 2. The van der Waals surface area contributed by atoms with Crippen LogP contribution in [0.25, 0.3) is 11.0 Å². The first-order chi connectivity index (χ1) is 14.4. The summed E-state index contributed by atoms with van der Waals surface area (Å²) in [5.74, 6) is -0.479. The molecule has 0 aliphatic carbocycles. The Morgan fingerprint density at radius 2 is 1.53 bits per heavy atom. The van der Waals surface area contributed by atoms with E-state index in [4.69, 9.17) is 15.9 Å². The Balaban J connectivity index is 1.48. The molecule has 2 amide bonds. The van der Waals surface area contributed by atoms with Crippen LogP contribution in [0.1, 0.15) is 33.4 Å². The fraction of sp³-hybridized carbons (Fsp3) is 0.143. The number of amides is 2. The van der Waals surface area contributed by atoms with Crippen LogP contribution in [-0.4, -0.2) is 36.6 Å². The molecule has 1 heterocycles. The smallest absolute Gasteiger partial charge is 0.287 e. The number of hydrogen-bond acceptors (Lipinski definition) is 5. The van der Waals surface area contributed by atoms with Crippen LogP contribution >= 0.6 is 0 Å². The van der Waals surface area contributed by atoms with Crippen LogP contribution in [0.4, 0.5) is 0 Å². The summed E-state index contributed by atoms with van der Waals surface area (Å²) in [7, 11) is 0. The van der Waals surface area contributed by atoms with E-state index in [1.54, 1.807) is 43.3 Å². The molecule has 0 atom stereocenters. The van der Waals surface area contributed by atoms with Crippen LogP contribution in [0, 0.1) is 0 Å². The van der Waals surface area contributed by atoms with Crippen molar-refractivity contribution in [1.29, 1.82) is 0 Å². The van der Waals surface area contributed by atoms with Crippen molar-refractivity contribution in [2.45, 2.75) is 6.92 Å². The summed E-state index contributed by atoms with van der Waals surface area (Å²) in [5, 5.41) is 13.8. The predicted octanol–water partition coefficient (Wildman–Crippen LogP) is 1.59. The number of guanidine groups is 1. The Bertz CT molecular complexity index is 1080. The summed E-state index contributed by atoms with van der Waals surface area (Å²) < 4.78 is 5.51. The number of para-hydroxylation sites is 1. The van der Waals surface area contributed by atoms with Gasteiger partial charge in [0.05, 0.1) is 5.71 Å². The van der Waals surface area contributed by atoms with Gasteiger partial charge >= 0.3 is 0 Å². The molecule has 9 heteroatoms. The van der Waals surface area contributed by atoms with Crippen molar-refractivity contribution in [2.24, 2.45) is 21.7 Å². The quantitative estimate of drug-likeness (QED) is 0.203. The molecule has 0 aliphatic heterocycles. The van der Waals surface area contributed by atoms with Crippen LogP contribution in [0.5, 0.6) is 0 Å². The molecule has 0 radical (unpaired) electrons. The van der Waals surface area contributed by atoms with Gasteiger partial charge in [-0.2, -0.15) is 5.10 Å². The number of nitrogens with zero attached hydrogens (tertiary/aromatic N) is 2. The van der Waals surface area contributed by atoms with Crippen molar-refractivity contribution in [3.05, 3.63) is 71.5 Å². The summed E-state index contributed by atoms with van der Waals surface area (Å²) in [6, 6.07) is 15.9. The molecule has 6 N–H and O–H groups in total. The Morgan fingerprint density at radius 3 is 2.20 bits per heavy atom. The number of furan rings is 1. The topological polar surface area (TPSA) is 148 Å². The van der Waals surface area contributed by atoms with Gasteiger partial charge in [-0.05, 0) is 36.8 Å². The SMILES string of the molecule is C/C(=N\N=C(N)N)c1ccc(C(=O)NCCNC(=O)c2cc3ccccc3o2)cc1. The normalized spacial score (nSPS) is 11.2. The van der Waals surface area contributed by atoms with Gasteiger partial charge in [-0.15, -0.1) is 5.10 Å². The lowest BCUT2D eigenvalue weighted by Gasteiger charge is -2.07. The van der Waals surface area contributed by atoms with E-state index < -0.39 is 0 Å². The summed E-state index contributed by atoms with van der Waals surface area (Å²) in [6.45, 7) is 2.30. The molecule has 30 heavy (non-hydrogen) atoms. The van der Waals surface area contributed by atoms with Gasteiger partial charge in [0.25, 0.3) is 11.8 Å². The molecule has 3 rings (SSSR count). The number of nitrogens with two attached hydrogens (primary N) is 2. The van der Waals surface area contributed by atoms with Gasteiger partial charge < -0.3 is 26.5 Å². The predicted molar refractivity (Wildman–Crippen MR) is 115 cm³/mol. The lowest BCUT2D eigenvalue weighted by molar-refractivity contribution is 0.0912. The highest BCUT2D eigenvalue weighted by Crippen LogP contribution is 2.18. The Kier molecular flexibility index (Phi) is 6.43. The molecule has 154 valence electrons. The molecule has 0 spiro atoms. The van der Waals surface area contributed by atoms with Crippen molar-refractivity contribution in [3.63, 3.8) is 0 Å². The molecule has 2 aromatic carbocycles. The summed E-state index contributed by atoms with van der Waals surface area (Å²) >= 11 is 0. The maximum absolute atomic E-state index is 12.2. The van der Waals surface area contributed by atoms with Crippen LogP contribution in [0.3, 0.4) is 0 Å². The van der Waals surface area contributed by atoms with Gasteiger partial charge in [-0.3, -0.25) is 9.59 Å². The van der Waals surface area contributed by atoms with E-state index in [9.17, 15) is 9.59 Å². The lowest BCUT2D eigenvalue weighted by Crippen LogP contribution is -2.34. The largest absolute Gasteiger partial charge is 0.451 e. The molecular weight excluding hydrogens is 384 g/mol. The van der Waals surface area contributed by atoms with Gasteiger partial charge in [-0.25, -0.2) is 0 Å². The highest BCUT2D eigenvalue weighted by atomic mass is 16.3. The van der Waals surface area contributed by atoms with Crippen LogP contribution in [0.15, 0.2) is 69.2 Å². The molecule has 0 saturated heterocycles. The number of hydrogen-bond donors (Lipinski definition) is 4. The van der Waals surface area contributed by atoms with Gasteiger partial charge in [0.1, 0.15) is 5.58 Å². The van der Waals surface area contributed by atoms with Crippen molar-refractivity contribution in [3.8, 4) is 0 Å². The van der Waals surface area contributed by atoms with E-state index in [2.05, 4.69) is 20.8 Å². The molecule has 9 nitrogen and oxygen atoms in total. The number of nitrogens with one attached hydrogen (secondary N) is 2. The zero-order valence-electron chi connectivity index (χ0n) is 16.4. The van der Waals surface area contributed by atoms with E-state index in [-0.39, 0.29) is 36.6 Å². The van der Waals surface area contributed by atoms with E-state index >= 15 is 0 Å². The summed E-state index contributed by atoms with van der Waals surface area (Å²) in [4.78, 5) is 24.4. The second-order valence-electron chi connectivity index (χ2n) is 6.45. The number of carbonyl (C=O) groups is 2. The first kappa shape index (κ1) is 20.6. The highest BCUT2D eigenvalue weighted by Gasteiger charge is 2.12. The fourth-order valence-electron chi connectivity index (χ4n) is 2.69. The third-order valence-corrected chi connectivity index (χ3v) is 4.23. The van der Waals surface area contributed by atoms with Crippen LogP contribution < -0.4 is 22.1 Å². The monoisotopic (exact) mass is 406 g/mol. The maximum Gasteiger partial charge on any atom is 0.287 e. The van der Waals surface area contributed by atoms with Crippen LogP contribution in [-0.2, 0) is 0 Å². The standard InChI is InChI=1S/C21H22N6O3/c1-13(26-27-21(22)23)14-6-8-15(9-7-14)19(28)24-10-11-25-20(29)18-12-16-4-2-3-5-17(16)30-18/h2-9,12H,10-11H2,1H3,(H,24,28)(H,25,29)(H4,22,23,27)/b26-13+. The third-order valence-electron chi connectivity index (χ3n) is 4.23. The van der Waals surface area contributed by atoms with E-state index in [1.807, 2.05) is 18.2 Å². The molecule has 0 bridgehead atoms. The maximum atomic E-state index is 12.2. The molecule has 0 aliphatic rings. The minimum absolute atomic E-state index is 0.127. The van der Waals surface area contributed by atoms with Gasteiger partial charge in [0, 0.05) is 24.0 Å². The minimum Gasteiger partial charge on any atom is -0.451 e. The number of carbonyl (C=O) groups excluding carboxylic acids is 2. The second-order valence-corrected chi connectivity index (χ2v) is 6.45. The second kappa shape index (κ2) is 9.37. The zero-order valence-corrected chi connectivity index (χ0v) is 16.4. The average Bonchev–Trinajstić information content (AvgIpc) is 3.19. The average molecular weight is 406 g/mol. The Labute approximate surface area is 172 Å². The molecule has 0 unspecified atom stereocenters. The zero-order chi connectivity index (χ0) is 21.5. The van der Waals surface area contributed by atoms with Gasteiger partial charge in [-0.1, -0.05) is 30.3 Å². The minimum atomic E-state index is -0.333. The third kappa shape index (κ3) is 5.22. The summed E-state index contributed by atoms with van der Waals surface area (Å²) in [5.41, 5.74) is 13.0. The molecule has 1 aromatic heterocycles. The van der Waals surface area contributed by atoms with Crippen LogP contribution in [0.2, 0.25) is 0 Å². The van der Waals surface area contributed by atoms with Crippen molar-refractivity contribution < 1.29 is 14.0 Å². The fourth-order valence-corrected chi connectivity index (χ4v) is 2.69. The molecular formula is C21H22N6O3. The number of fused-ring (bicyclic) bond motifs is 1. The molecule has 0 fully saturated rings. The lowest BCUT2D eigenvalue weighted by atomic mass is 10.1. The van der Waals surface area contributed by atoms with Crippen molar-refractivity contribution in [2.75, 3.05) is 13.1 Å². The van der Waals surface area contributed by atoms with E-state index in [1.165, 1.54) is 0 Å². The van der Waals surface area contributed by atoms with Crippen molar-refractivity contribution in [1.82, 2.24) is 10.6 Å².